The van der Waals surface area contributed by atoms with Gasteiger partial charge in [0.25, 0.3) is 5.91 Å². The van der Waals surface area contributed by atoms with Gasteiger partial charge in [0.15, 0.2) is 0 Å². The summed E-state index contributed by atoms with van der Waals surface area (Å²) in [6.07, 6.45) is 3.88. The molecule has 132 valence electrons. The Labute approximate surface area is 154 Å². The predicted molar refractivity (Wildman–Crippen MR) is 100 cm³/mol. The van der Waals surface area contributed by atoms with E-state index in [1.165, 1.54) is 31.0 Å². The van der Waals surface area contributed by atoms with Crippen LogP contribution in [0.15, 0.2) is 42.7 Å². The highest BCUT2D eigenvalue weighted by molar-refractivity contribution is 6.31. The fourth-order valence-electron chi connectivity index (χ4n) is 3.14. The molecule has 0 saturated carbocycles. The van der Waals surface area contributed by atoms with Crippen molar-refractivity contribution in [2.75, 3.05) is 23.3 Å². The Kier molecular flexibility index (Phi) is 4.42. The van der Waals surface area contributed by atoms with Gasteiger partial charge in [-0.2, -0.15) is 0 Å². The van der Waals surface area contributed by atoms with Crippen molar-refractivity contribution in [2.45, 2.75) is 12.8 Å². The fraction of sp³-hybridized carbons (Fsp3) is 0.211. The summed E-state index contributed by atoms with van der Waals surface area (Å²) >= 11 is 5.74. The molecule has 1 amide bonds. The summed E-state index contributed by atoms with van der Waals surface area (Å²) < 4.78 is 13.2. The van der Waals surface area contributed by atoms with Crippen molar-refractivity contribution >= 4 is 39.9 Å². The Hall–Kier alpha value is -2.73. The second-order valence-corrected chi connectivity index (χ2v) is 6.61. The van der Waals surface area contributed by atoms with Crippen LogP contribution in [-0.4, -0.2) is 29.0 Å². The molecule has 1 aliphatic rings. The van der Waals surface area contributed by atoms with Crippen LogP contribution in [0.25, 0.3) is 10.9 Å². The zero-order chi connectivity index (χ0) is 18.1. The summed E-state index contributed by atoms with van der Waals surface area (Å²) in [6, 6.07) is 9.41. The number of benzene rings is 2. The predicted octanol–water partition coefficient (Wildman–Crippen LogP) is 4.27. The largest absolute Gasteiger partial charge is 0.356 e. The third kappa shape index (κ3) is 3.20. The van der Waals surface area contributed by atoms with Gasteiger partial charge in [0.2, 0.25) is 0 Å². The highest BCUT2D eigenvalue weighted by Gasteiger charge is 2.17. The first-order valence-electron chi connectivity index (χ1n) is 8.38. The second-order valence-electron chi connectivity index (χ2n) is 6.21. The molecular weight excluding hydrogens is 355 g/mol. The maximum absolute atomic E-state index is 13.2. The lowest BCUT2D eigenvalue weighted by atomic mass is 10.1. The maximum atomic E-state index is 13.2. The molecule has 3 aromatic rings. The standard InChI is InChI=1S/C19H16ClFN4O/c20-15-9-12(3-6-16(15)21)19(26)24-13-4-5-14-17(10-13)22-11-23-18(14)25-7-1-2-8-25/h3-6,9-11H,1-2,7-8H2,(H,24,26). The van der Waals surface area contributed by atoms with Crippen LogP contribution in [0.1, 0.15) is 23.2 Å². The molecule has 26 heavy (non-hydrogen) atoms. The van der Waals surface area contributed by atoms with E-state index in [1.807, 2.05) is 12.1 Å². The summed E-state index contributed by atoms with van der Waals surface area (Å²) in [5.74, 6) is 0.0100. The zero-order valence-corrected chi connectivity index (χ0v) is 14.6. The Bertz CT molecular complexity index is 988. The number of halogens is 2. The van der Waals surface area contributed by atoms with Gasteiger partial charge >= 0.3 is 0 Å². The van der Waals surface area contributed by atoms with Crippen molar-refractivity contribution in [3.63, 3.8) is 0 Å². The summed E-state index contributed by atoms with van der Waals surface area (Å²) in [6.45, 7) is 1.99. The topological polar surface area (TPSA) is 58.1 Å². The van der Waals surface area contributed by atoms with Crippen LogP contribution in [-0.2, 0) is 0 Å². The minimum Gasteiger partial charge on any atom is -0.356 e. The van der Waals surface area contributed by atoms with Crippen molar-refractivity contribution < 1.29 is 9.18 Å². The van der Waals surface area contributed by atoms with Crippen molar-refractivity contribution in [3.05, 3.63) is 59.1 Å². The van der Waals surface area contributed by atoms with Crippen LogP contribution >= 0.6 is 11.6 Å². The first-order chi connectivity index (χ1) is 12.6. The summed E-state index contributed by atoms with van der Waals surface area (Å²) in [5.41, 5.74) is 1.66. The first kappa shape index (κ1) is 16.7. The van der Waals surface area contributed by atoms with E-state index < -0.39 is 5.82 Å². The highest BCUT2D eigenvalue weighted by Crippen LogP contribution is 2.28. The molecule has 2 aromatic carbocycles. The number of hydrogen-bond acceptors (Lipinski definition) is 4. The minimum atomic E-state index is -0.555. The quantitative estimate of drug-likeness (QED) is 0.747. The molecular formula is C19H16ClFN4O. The van der Waals surface area contributed by atoms with E-state index in [2.05, 4.69) is 20.2 Å². The number of carbonyl (C=O) groups is 1. The number of nitrogens with zero attached hydrogens (tertiary/aromatic N) is 3. The number of rotatable bonds is 3. The minimum absolute atomic E-state index is 0.0841. The van der Waals surface area contributed by atoms with Gasteiger partial charge in [0, 0.05) is 29.7 Å². The number of fused-ring (bicyclic) bond motifs is 1. The summed E-state index contributed by atoms with van der Waals surface area (Å²) in [7, 11) is 0. The van der Waals surface area contributed by atoms with Crippen LogP contribution in [0.5, 0.6) is 0 Å². The monoisotopic (exact) mass is 370 g/mol. The number of anilines is 2. The van der Waals surface area contributed by atoms with E-state index in [0.717, 1.165) is 29.8 Å². The molecule has 1 saturated heterocycles. The third-order valence-corrected chi connectivity index (χ3v) is 4.75. The molecule has 7 heteroatoms. The van der Waals surface area contributed by atoms with Crippen LogP contribution in [0.2, 0.25) is 5.02 Å². The Morgan fingerprint density at radius 3 is 2.69 bits per heavy atom. The van der Waals surface area contributed by atoms with Gasteiger partial charge in [-0.1, -0.05) is 11.6 Å². The van der Waals surface area contributed by atoms with Gasteiger partial charge in [0.05, 0.1) is 10.5 Å². The van der Waals surface area contributed by atoms with Crippen LogP contribution in [0.4, 0.5) is 15.9 Å². The first-order valence-corrected chi connectivity index (χ1v) is 8.76. The van der Waals surface area contributed by atoms with E-state index >= 15 is 0 Å². The smallest absolute Gasteiger partial charge is 0.255 e. The van der Waals surface area contributed by atoms with Crippen LogP contribution in [0, 0.1) is 5.82 Å². The van der Waals surface area contributed by atoms with Crippen molar-refractivity contribution in [1.82, 2.24) is 9.97 Å². The molecule has 1 N–H and O–H groups in total. The molecule has 0 aliphatic carbocycles. The summed E-state index contributed by atoms with van der Waals surface area (Å²) in [5, 5.41) is 3.66. The molecule has 1 aliphatic heterocycles. The molecule has 0 atom stereocenters. The van der Waals surface area contributed by atoms with Gasteiger partial charge in [-0.05, 0) is 49.2 Å². The SMILES string of the molecule is O=C(Nc1ccc2c(N3CCCC3)ncnc2c1)c1ccc(F)c(Cl)c1. The number of hydrogen-bond donors (Lipinski definition) is 1. The fourth-order valence-corrected chi connectivity index (χ4v) is 3.32. The van der Waals surface area contributed by atoms with Gasteiger partial charge in [0.1, 0.15) is 18.0 Å². The second kappa shape index (κ2) is 6.88. The van der Waals surface area contributed by atoms with Crippen molar-refractivity contribution in [1.29, 1.82) is 0 Å². The molecule has 5 nitrogen and oxygen atoms in total. The lowest BCUT2D eigenvalue weighted by molar-refractivity contribution is 0.102. The van der Waals surface area contributed by atoms with Crippen molar-refractivity contribution in [2.24, 2.45) is 0 Å². The molecule has 0 spiro atoms. The third-order valence-electron chi connectivity index (χ3n) is 4.46. The molecule has 0 radical (unpaired) electrons. The molecule has 4 rings (SSSR count). The van der Waals surface area contributed by atoms with E-state index in [1.54, 1.807) is 12.4 Å². The molecule has 1 aromatic heterocycles. The number of carbonyl (C=O) groups excluding carboxylic acids is 1. The zero-order valence-electron chi connectivity index (χ0n) is 13.9. The Balaban J connectivity index is 1.61. The average molecular weight is 371 g/mol. The Morgan fingerprint density at radius 2 is 1.92 bits per heavy atom. The van der Waals surface area contributed by atoms with E-state index in [-0.39, 0.29) is 16.5 Å². The van der Waals surface area contributed by atoms with Crippen LogP contribution < -0.4 is 10.2 Å². The number of aromatic nitrogens is 2. The van der Waals surface area contributed by atoms with E-state index in [0.29, 0.717) is 5.69 Å². The van der Waals surface area contributed by atoms with Crippen molar-refractivity contribution in [3.8, 4) is 0 Å². The molecule has 1 fully saturated rings. The van der Waals surface area contributed by atoms with Gasteiger partial charge in [-0.3, -0.25) is 4.79 Å². The Morgan fingerprint density at radius 1 is 1.12 bits per heavy atom. The number of amides is 1. The van der Waals surface area contributed by atoms with Gasteiger partial charge in [-0.15, -0.1) is 0 Å². The normalized spacial score (nSPS) is 14.0. The van der Waals surface area contributed by atoms with E-state index in [4.69, 9.17) is 11.6 Å². The van der Waals surface area contributed by atoms with Crippen LogP contribution in [0.3, 0.4) is 0 Å². The molecule has 0 unspecified atom stereocenters. The van der Waals surface area contributed by atoms with Gasteiger partial charge < -0.3 is 10.2 Å². The number of nitrogens with one attached hydrogen (secondary N) is 1. The average Bonchev–Trinajstić information content (AvgIpc) is 3.17. The lowest BCUT2D eigenvalue weighted by Crippen LogP contribution is -2.19. The lowest BCUT2D eigenvalue weighted by Gasteiger charge is -2.18. The maximum Gasteiger partial charge on any atom is 0.255 e. The highest BCUT2D eigenvalue weighted by atomic mass is 35.5. The summed E-state index contributed by atoms with van der Waals surface area (Å²) in [4.78, 5) is 23.4. The molecule has 2 heterocycles. The van der Waals surface area contributed by atoms with Gasteiger partial charge in [-0.25, -0.2) is 14.4 Å². The van der Waals surface area contributed by atoms with E-state index in [9.17, 15) is 9.18 Å². The molecule has 0 bridgehead atoms.